The minimum Gasteiger partial charge on any atom is -0.124 e. The maximum Gasteiger partial charge on any atom is 0.0211 e. The molecule has 58 valence electrons. The molecule has 0 saturated carbocycles. The largest absolute Gasteiger partial charge is 0.124 e. The van der Waals surface area contributed by atoms with E-state index in [9.17, 15) is 0 Å². The van der Waals surface area contributed by atoms with Crippen LogP contribution < -0.4 is 0 Å². The van der Waals surface area contributed by atoms with Crippen LogP contribution in [0.3, 0.4) is 0 Å². The van der Waals surface area contributed by atoms with Crippen LogP contribution in [0.15, 0.2) is 34.1 Å². The number of hydrogen-bond acceptors (Lipinski definition) is 2. The van der Waals surface area contributed by atoms with Crippen molar-refractivity contribution in [2.75, 3.05) is 5.75 Å². The molecular weight excluding hydrogens is 172 g/mol. The van der Waals surface area contributed by atoms with Gasteiger partial charge in [-0.25, -0.2) is 0 Å². The molecule has 0 radical (unpaired) electrons. The molecule has 1 aliphatic rings. The lowest BCUT2D eigenvalue weighted by molar-refractivity contribution is 1.08. The number of thioether (sulfide) groups is 2. The molecule has 1 atom stereocenters. The molecule has 2 heteroatoms. The lowest BCUT2D eigenvalue weighted by Crippen LogP contribution is -2.04. The fraction of sp³-hybridized carbons (Fsp3) is 0.333. The highest BCUT2D eigenvalue weighted by molar-refractivity contribution is 8.06. The Morgan fingerprint density at radius 1 is 1.27 bits per heavy atom. The molecule has 0 N–H and O–H groups in total. The third-order valence-corrected chi connectivity index (χ3v) is 4.50. The van der Waals surface area contributed by atoms with Crippen molar-refractivity contribution < 1.29 is 0 Å². The Balaban J connectivity index is 2.34. The first-order valence-corrected chi connectivity index (χ1v) is 5.61. The SMILES string of the molecule is CC1CSc2ccccc2S1. The van der Waals surface area contributed by atoms with Crippen molar-refractivity contribution in [3.8, 4) is 0 Å². The molecule has 0 saturated heterocycles. The second-order valence-corrected chi connectivity index (χ2v) is 5.23. The van der Waals surface area contributed by atoms with Gasteiger partial charge in [-0.05, 0) is 12.1 Å². The molecule has 0 aromatic heterocycles. The first-order valence-electron chi connectivity index (χ1n) is 3.75. The molecule has 0 amide bonds. The van der Waals surface area contributed by atoms with E-state index < -0.39 is 0 Å². The normalized spacial score (nSPS) is 22.8. The van der Waals surface area contributed by atoms with Crippen molar-refractivity contribution in [1.29, 1.82) is 0 Å². The van der Waals surface area contributed by atoms with Crippen molar-refractivity contribution in [3.05, 3.63) is 24.3 Å². The van der Waals surface area contributed by atoms with Gasteiger partial charge in [-0.3, -0.25) is 0 Å². The van der Waals surface area contributed by atoms with E-state index in [1.807, 2.05) is 23.5 Å². The van der Waals surface area contributed by atoms with Gasteiger partial charge in [-0.2, -0.15) is 0 Å². The minimum absolute atomic E-state index is 0.773. The summed E-state index contributed by atoms with van der Waals surface area (Å²) in [5.74, 6) is 1.25. The van der Waals surface area contributed by atoms with Gasteiger partial charge >= 0.3 is 0 Å². The number of benzene rings is 1. The molecule has 1 aromatic rings. The van der Waals surface area contributed by atoms with Crippen molar-refractivity contribution in [1.82, 2.24) is 0 Å². The van der Waals surface area contributed by atoms with Crippen LogP contribution in [0.25, 0.3) is 0 Å². The average molecular weight is 182 g/mol. The third-order valence-electron chi connectivity index (χ3n) is 1.65. The average Bonchev–Trinajstić information content (AvgIpc) is 2.04. The lowest BCUT2D eigenvalue weighted by atomic mass is 10.4. The van der Waals surface area contributed by atoms with Crippen LogP contribution in [-0.4, -0.2) is 11.0 Å². The lowest BCUT2D eigenvalue weighted by Gasteiger charge is -2.19. The van der Waals surface area contributed by atoms with Gasteiger partial charge in [0.25, 0.3) is 0 Å². The number of rotatable bonds is 0. The van der Waals surface area contributed by atoms with Gasteiger partial charge in [0.2, 0.25) is 0 Å². The Bertz CT molecular complexity index is 257. The summed E-state index contributed by atoms with van der Waals surface area (Å²) in [5, 5.41) is 0.773. The third kappa shape index (κ3) is 1.57. The molecule has 11 heavy (non-hydrogen) atoms. The zero-order chi connectivity index (χ0) is 7.68. The predicted octanol–water partition coefficient (Wildman–Crippen LogP) is 3.27. The fourth-order valence-corrected chi connectivity index (χ4v) is 3.50. The smallest absolute Gasteiger partial charge is 0.0211 e. The van der Waals surface area contributed by atoms with Gasteiger partial charge in [0.15, 0.2) is 0 Å². The summed E-state index contributed by atoms with van der Waals surface area (Å²) in [5.41, 5.74) is 0. The Labute approximate surface area is 75.8 Å². The molecule has 1 aromatic carbocycles. The van der Waals surface area contributed by atoms with Crippen molar-refractivity contribution in [2.24, 2.45) is 0 Å². The number of hydrogen-bond donors (Lipinski definition) is 0. The molecular formula is C9H10S2. The van der Waals surface area contributed by atoms with Crippen LogP contribution >= 0.6 is 23.5 Å². The van der Waals surface area contributed by atoms with Crippen LogP contribution in [0, 0.1) is 0 Å². The van der Waals surface area contributed by atoms with Gasteiger partial charge < -0.3 is 0 Å². The van der Waals surface area contributed by atoms with Gasteiger partial charge in [-0.15, -0.1) is 23.5 Å². The fourth-order valence-electron chi connectivity index (χ4n) is 1.12. The Kier molecular flexibility index (Phi) is 2.14. The molecule has 0 fully saturated rings. The highest BCUT2D eigenvalue weighted by Crippen LogP contribution is 2.39. The Morgan fingerprint density at radius 2 is 2.00 bits per heavy atom. The zero-order valence-electron chi connectivity index (χ0n) is 6.41. The molecule has 0 spiro atoms. The van der Waals surface area contributed by atoms with Gasteiger partial charge in [0.05, 0.1) is 0 Å². The molecule has 1 heterocycles. The first kappa shape index (κ1) is 7.56. The summed E-state index contributed by atoms with van der Waals surface area (Å²) < 4.78 is 0. The topological polar surface area (TPSA) is 0 Å². The van der Waals surface area contributed by atoms with E-state index >= 15 is 0 Å². The summed E-state index contributed by atoms with van der Waals surface area (Å²) in [6.07, 6.45) is 0. The predicted molar refractivity (Wildman–Crippen MR) is 52.5 cm³/mol. The molecule has 0 aliphatic carbocycles. The highest BCUT2D eigenvalue weighted by Gasteiger charge is 2.14. The zero-order valence-corrected chi connectivity index (χ0v) is 8.04. The van der Waals surface area contributed by atoms with Crippen molar-refractivity contribution >= 4 is 23.5 Å². The van der Waals surface area contributed by atoms with Crippen molar-refractivity contribution in [2.45, 2.75) is 22.0 Å². The van der Waals surface area contributed by atoms with Gasteiger partial charge in [0, 0.05) is 20.8 Å². The maximum atomic E-state index is 2.29. The summed E-state index contributed by atoms with van der Waals surface area (Å²) in [6.45, 7) is 2.29. The molecule has 0 nitrogen and oxygen atoms in total. The monoisotopic (exact) mass is 182 g/mol. The molecule has 1 aliphatic heterocycles. The molecule has 0 bridgehead atoms. The van der Waals surface area contributed by atoms with E-state index in [1.54, 1.807) is 0 Å². The quantitative estimate of drug-likeness (QED) is 0.604. The van der Waals surface area contributed by atoms with Crippen LogP contribution in [0.2, 0.25) is 0 Å². The van der Waals surface area contributed by atoms with Gasteiger partial charge in [-0.1, -0.05) is 19.1 Å². The number of fused-ring (bicyclic) bond motifs is 1. The van der Waals surface area contributed by atoms with E-state index in [4.69, 9.17) is 0 Å². The van der Waals surface area contributed by atoms with E-state index in [1.165, 1.54) is 15.5 Å². The Morgan fingerprint density at radius 3 is 2.82 bits per heavy atom. The van der Waals surface area contributed by atoms with Crippen LogP contribution in [-0.2, 0) is 0 Å². The van der Waals surface area contributed by atoms with E-state index in [0.29, 0.717) is 0 Å². The highest BCUT2D eigenvalue weighted by atomic mass is 32.2. The standard InChI is InChI=1S/C9H10S2/c1-7-6-10-8-4-2-3-5-9(8)11-7/h2-5,7H,6H2,1H3. The summed E-state index contributed by atoms with van der Waals surface area (Å²) >= 11 is 3.97. The van der Waals surface area contributed by atoms with Gasteiger partial charge in [0.1, 0.15) is 0 Å². The van der Waals surface area contributed by atoms with Crippen molar-refractivity contribution in [3.63, 3.8) is 0 Å². The summed E-state index contributed by atoms with van der Waals surface area (Å²) in [4.78, 5) is 2.91. The van der Waals surface area contributed by atoms with Crippen LogP contribution in [0.5, 0.6) is 0 Å². The van der Waals surface area contributed by atoms with E-state index in [0.717, 1.165) is 5.25 Å². The Hall–Kier alpha value is -0.0800. The first-order chi connectivity index (χ1) is 5.36. The second kappa shape index (κ2) is 3.11. The molecule has 2 rings (SSSR count). The minimum atomic E-state index is 0.773. The maximum absolute atomic E-state index is 2.29. The summed E-state index contributed by atoms with van der Waals surface area (Å²) in [6, 6.07) is 8.65. The van der Waals surface area contributed by atoms with Crippen LogP contribution in [0.1, 0.15) is 6.92 Å². The summed E-state index contributed by atoms with van der Waals surface area (Å²) in [7, 11) is 0. The van der Waals surface area contributed by atoms with E-state index in [-0.39, 0.29) is 0 Å². The van der Waals surface area contributed by atoms with E-state index in [2.05, 4.69) is 31.2 Å². The van der Waals surface area contributed by atoms with Crippen LogP contribution in [0.4, 0.5) is 0 Å². The molecule has 1 unspecified atom stereocenters. The second-order valence-electron chi connectivity index (χ2n) is 2.69.